The molecule has 1 aromatic carbocycles. The van der Waals surface area contributed by atoms with Gasteiger partial charge in [-0.15, -0.1) is 5.10 Å². The fourth-order valence-electron chi connectivity index (χ4n) is 4.45. The Hall–Kier alpha value is -4.44. The lowest BCUT2D eigenvalue weighted by molar-refractivity contribution is -0.129. The molecule has 13 heteroatoms. The first-order valence-electron chi connectivity index (χ1n) is 12.2. The number of benzene rings is 1. The van der Waals surface area contributed by atoms with Crippen LogP contribution in [0.1, 0.15) is 12.8 Å². The zero-order valence-corrected chi connectivity index (χ0v) is 20.5. The largest absolute Gasteiger partial charge is 0.378 e. The summed E-state index contributed by atoms with van der Waals surface area (Å²) in [5, 5.41) is 16.5. The fraction of sp³-hybridized carbons (Fsp3) is 0.417. The molecule has 0 aliphatic carbocycles. The van der Waals surface area contributed by atoms with Gasteiger partial charge in [0, 0.05) is 56.7 Å². The fourth-order valence-corrected chi connectivity index (χ4v) is 4.45. The van der Waals surface area contributed by atoms with E-state index >= 15 is 0 Å². The second-order valence-corrected chi connectivity index (χ2v) is 8.77. The lowest BCUT2D eigenvalue weighted by Crippen LogP contribution is -2.36. The Balaban J connectivity index is 1.26. The molecule has 0 unspecified atom stereocenters. The average molecular weight is 504 g/mol. The smallest absolute Gasteiger partial charge is 0.248 e. The monoisotopic (exact) mass is 503 g/mol. The van der Waals surface area contributed by atoms with Crippen molar-refractivity contribution in [1.82, 2.24) is 29.6 Å². The van der Waals surface area contributed by atoms with Gasteiger partial charge < -0.3 is 30.5 Å². The number of aromatic nitrogens is 5. The van der Waals surface area contributed by atoms with E-state index in [1.54, 1.807) is 11.0 Å². The van der Waals surface area contributed by atoms with E-state index in [4.69, 9.17) is 15.7 Å². The summed E-state index contributed by atoms with van der Waals surface area (Å²) in [6, 6.07) is 11.8. The van der Waals surface area contributed by atoms with Crippen molar-refractivity contribution in [3.05, 3.63) is 36.7 Å². The minimum Gasteiger partial charge on any atom is -0.378 e. The maximum Gasteiger partial charge on any atom is 0.248 e. The predicted molar refractivity (Wildman–Crippen MR) is 138 cm³/mol. The first-order chi connectivity index (χ1) is 18.1. The number of hydrogen-bond donors (Lipinski definition) is 2. The van der Waals surface area contributed by atoms with E-state index in [0.717, 1.165) is 50.6 Å². The third kappa shape index (κ3) is 5.70. The van der Waals surface area contributed by atoms with Gasteiger partial charge in [0.1, 0.15) is 18.6 Å². The molecule has 3 aromatic rings. The molecular formula is C24H29N11O2. The first-order valence-corrected chi connectivity index (χ1v) is 12.2. The highest BCUT2D eigenvalue weighted by Gasteiger charge is 2.21. The molecule has 3 N–H and O–H groups in total. The molecule has 2 aliphatic rings. The lowest BCUT2D eigenvalue weighted by Gasteiger charge is -2.28. The van der Waals surface area contributed by atoms with Crippen LogP contribution in [0.4, 0.5) is 29.1 Å². The number of hydrogen-bond acceptors (Lipinski definition) is 11. The highest BCUT2D eigenvalue weighted by molar-refractivity contribution is 5.78. The van der Waals surface area contributed by atoms with Crippen LogP contribution in [0.15, 0.2) is 36.7 Å². The molecule has 0 radical (unpaired) electrons. The van der Waals surface area contributed by atoms with E-state index < -0.39 is 0 Å². The van der Waals surface area contributed by atoms with Gasteiger partial charge >= 0.3 is 0 Å². The van der Waals surface area contributed by atoms with Crippen LogP contribution in [-0.2, 0) is 9.53 Å². The molecule has 2 aromatic heterocycles. The molecule has 1 amide bonds. The van der Waals surface area contributed by atoms with Gasteiger partial charge in [-0.1, -0.05) is 0 Å². The second kappa shape index (κ2) is 11.1. The molecule has 192 valence electrons. The normalized spacial score (nSPS) is 16.2. The first kappa shape index (κ1) is 24.3. The maximum absolute atomic E-state index is 12.1. The molecule has 0 spiro atoms. The van der Waals surface area contributed by atoms with Crippen LogP contribution >= 0.6 is 0 Å². The SMILES string of the molecule is N#CCC(=O)N1CCCN(c2cc(-n3nc(Nc4ccc(N5CCOCC5)cc4)nc3N)ncn2)CC1. The van der Waals surface area contributed by atoms with Gasteiger partial charge in [0.05, 0.1) is 19.3 Å². The maximum atomic E-state index is 12.1. The standard InChI is InChI=1S/C24H29N11O2/c25-7-6-22(36)34-9-1-8-33(10-11-34)20-16-21(28-17-27-20)35-23(26)30-24(31-35)29-18-2-4-19(5-3-18)32-12-14-37-15-13-32/h2-5,16-17H,1,6,8-15H2,(H3,26,29,30,31). The molecule has 0 saturated carbocycles. The lowest BCUT2D eigenvalue weighted by atomic mass is 10.2. The van der Waals surface area contributed by atoms with Gasteiger partial charge in [0.2, 0.25) is 17.8 Å². The van der Waals surface area contributed by atoms with Crippen molar-refractivity contribution in [2.45, 2.75) is 12.8 Å². The Morgan fingerprint density at radius 1 is 1.03 bits per heavy atom. The number of carbonyl (C=O) groups is 1. The second-order valence-electron chi connectivity index (χ2n) is 8.77. The third-order valence-electron chi connectivity index (χ3n) is 6.39. The minimum absolute atomic E-state index is 0.0996. The third-order valence-corrected chi connectivity index (χ3v) is 6.39. The molecule has 2 saturated heterocycles. The number of rotatable bonds is 6. The van der Waals surface area contributed by atoms with Crippen LogP contribution in [-0.4, -0.2) is 88.0 Å². The van der Waals surface area contributed by atoms with Crippen molar-refractivity contribution in [3.8, 4) is 11.9 Å². The highest BCUT2D eigenvalue weighted by Crippen LogP contribution is 2.23. The molecule has 2 aliphatic heterocycles. The van der Waals surface area contributed by atoms with Gasteiger partial charge in [-0.25, -0.2) is 9.97 Å². The molecular weight excluding hydrogens is 474 g/mol. The number of morpholine rings is 1. The molecule has 13 nitrogen and oxygen atoms in total. The zero-order valence-electron chi connectivity index (χ0n) is 20.5. The Labute approximate surface area is 214 Å². The molecule has 5 rings (SSSR count). The summed E-state index contributed by atoms with van der Waals surface area (Å²) >= 11 is 0. The van der Waals surface area contributed by atoms with E-state index in [0.29, 0.717) is 37.2 Å². The molecule has 37 heavy (non-hydrogen) atoms. The summed E-state index contributed by atoms with van der Waals surface area (Å²) in [5.41, 5.74) is 8.16. The summed E-state index contributed by atoms with van der Waals surface area (Å²) in [6.45, 7) is 5.72. The van der Waals surface area contributed by atoms with Crippen LogP contribution in [0.2, 0.25) is 0 Å². The molecule has 0 atom stereocenters. The quantitative estimate of drug-likeness (QED) is 0.498. The molecule has 2 fully saturated rings. The molecule has 0 bridgehead atoms. The Morgan fingerprint density at radius 3 is 2.59 bits per heavy atom. The number of ether oxygens (including phenoxy) is 1. The number of nitrogens with one attached hydrogen (secondary N) is 1. The van der Waals surface area contributed by atoms with Crippen LogP contribution in [0.3, 0.4) is 0 Å². The van der Waals surface area contributed by atoms with Gasteiger partial charge in [-0.05, 0) is 30.7 Å². The molecule has 4 heterocycles. The van der Waals surface area contributed by atoms with Crippen LogP contribution in [0.25, 0.3) is 5.82 Å². The number of amides is 1. The zero-order chi connectivity index (χ0) is 25.6. The van der Waals surface area contributed by atoms with Crippen LogP contribution in [0, 0.1) is 11.3 Å². The van der Waals surface area contributed by atoms with Crippen LogP contribution in [0.5, 0.6) is 0 Å². The van der Waals surface area contributed by atoms with Crippen molar-refractivity contribution >= 4 is 35.0 Å². The Morgan fingerprint density at radius 2 is 1.81 bits per heavy atom. The van der Waals surface area contributed by atoms with Crippen molar-refractivity contribution in [3.63, 3.8) is 0 Å². The van der Waals surface area contributed by atoms with Gasteiger partial charge in [0.25, 0.3) is 0 Å². The minimum atomic E-state index is -0.140. The van der Waals surface area contributed by atoms with Crippen molar-refractivity contribution in [1.29, 1.82) is 5.26 Å². The van der Waals surface area contributed by atoms with E-state index in [1.807, 2.05) is 18.2 Å². The van der Waals surface area contributed by atoms with Gasteiger partial charge in [-0.3, -0.25) is 4.79 Å². The van der Waals surface area contributed by atoms with Crippen molar-refractivity contribution < 1.29 is 9.53 Å². The van der Waals surface area contributed by atoms with E-state index in [1.165, 1.54) is 11.0 Å². The number of carbonyl (C=O) groups excluding carboxylic acids is 1. The number of nitrogens with zero attached hydrogens (tertiary/aromatic N) is 9. The highest BCUT2D eigenvalue weighted by atomic mass is 16.5. The number of nitrogen functional groups attached to an aromatic ring is 1. The Kier molecular flexibility index (Phi) is 7.27. The van der Waals surface area contributed by atoms with Gasteiger partial charge in [0.15, 0.2) is 5.82 Å². The van der Waals surface area contributed by atoms with Crippen molar-refractivity contribution in [2.24, 2.45) is 0 Å². The summed E-state index contributed by atoms with van der Waals surface area (Å²) in [6.07, 6.45) is 2.14. The average Bonchev–Trinajstić information content (AvgIpc) is 3.12. The van der Waals surface area contributed by atoms with E-state index in [2.05, 4.69) is 47.3 Å². The Bertz CT molecular complexity index is 1260. The number of nitrogens with two attached hydrogens (primary N) is 1. The topological polar surface area (TPSA) is 154 Å². The van der Waals surface area contributed by atoms with E-state index in [-0.39, 0.29) is 18.3 Å². The summed E-state index contributed by atoms with van der Waals surface area (Å²) in [5.74, 6) is 1.62. The van der Waals surface area contributed by atoms with Gasteiger partial charge in [-0.2, -0.15) is 14.9 Å². The van der Waals surface area contributed by atoms with Crippen molar-refractivity contribution in [2.75, 3.05) is 73.3 Å². The van der Waals surface area contributed by atoms with Crippen LogP contribution < -0.4 is 20.9 Å². The predicted octanol–water partition coefficient (Wildman–Crippen LogP) is 1.17. The summed E-state index contributed by atoms with van der Waals surface area (Å²) in [7, 11) is 0. The summed E-state index contributed by atoms with van der Waals surface area (Å²) < 4.78 is 6.89. The number of anilines is 5. The number of nitriles is 1. The van der Waals surface area contributed by atoms with E-state index in [9.17, 15) is 4.79 Å². The summed E-state index contributed by atoms with van der Waals surface area (Å²) in [4.78, 5) is 31.3.